The number of carbonyl (C=O) groups excluding carboxylic acids is 1. The van der Waals surface area contributed by atoms with Gasteiger partial charge in [0.25, 0.3) is 5.91 Å². The van der Waals surface area contributed by atoms with Crippen LogP contribution < -0.4 is 15.2 Å². The predicted molar refractivity (Wildman–Crippen MR) is 67.4 cm³/mol. The SMILES string of the molecule is C#CCN(CC)C(=O)c1cc2c(cc1N)OCO2. The van der Waals surface area contributed by atoms with E-state index in [4.69, 9.17) is 21.6 Å². The van der Waals surface area contributed by atoms with Crippen molar-refractivity contribution in [2.24, 2.45) is 0 Å². The van der Waals surface area contributed by atoms with E-state index in [1.807, 2.05) is 6.92 Å². The van der Waals surface area contributed by atoms with Gasteiger partial charge in [-0.1, -0.05) is 5.92 Å². The van der Waals surface area contributed by atoms with Gasteiger partial charge in [-0.3, -0.25) is 4.79 Å². The van der Waals surface area contributed by atoms with Gasteiger partial charge in [0.15, 0.2) is 11.5 Å². The van der Waals surface area contributed by atoms with Crippen molar-refractivity contribution in [3.63, 3.8) is 0 Å². The molecule has 0 saturated heterocycles. The van der Waals surface area contributed by atoms with Crippen LogP contribution in [-0.4, -0.2) is 30.7 Å². The van der Waals surface area contributed by atoms with Crippen molar-refractivity contribution in [1.82, 2.24) is 4.90 Å². The normalized spacial score (nSPS) is 12.0. The summed E-state index contributed by atoms with van der Waals surface area (Å²) in [5.41, 5.74) is 6.59. The first-order valence-electron chi connectivity index (χ1n) is 5.59. The van der Waals surface area contributed by atoms with Crippen molar-refractivity contribution < 1.29 is 14.3 Å². The molecule has 0 atom stereocenters. The first-order chi connectivity index (χ1) is 8.67. The molecular formula is C13H14N2O3. The van der Waals surface area contributed by atoms with E-state index in [0.717, 1.165) is 0 Å². The second-order valence-electron chi connectivity index (χ2n) is 3.82. The quantitative estimate of drug-likeness (QED) is 0.640. The maximum absolute atomic E-state index is 12.2. The monoisotopic (exact) mass is 246 g/mol. The van der Waals surface area contributed by atoms with Crippen molar-refractivity contribution in [3.05, 3.63) is 17.7 Å². The van der Waals surface area contributed by atoms with Crippen molar-refractivity contribution in [1.29, 1.82) is 0 Å². The number of ether oxygens (including phenoxy) is 2. The zero-order chi connectivity index (χ0) is 13.1. The minimum atomic E-state index is -0.203. The molecule has 2 rings (SSSR count). The maximum Gasteiger partial charge on any atom is 0.256 e. The number of nitrogens with two attached hydrogens (primary N) is 1. The Bertz CT molecular complexity index is 520. The smallest absolute Gasteiger partial charge is 0.256 e. The molecule has 1 aliphatic heterocycles. The Labute approximate surface area is 105 Å². The Morgan fingerprint density at radius 1 is 1.50 bits per heavy atom. The first-order valence-corrected chi connectivity index (χ1v) is 5.59. The topological polar surface area (TPSA) is 64.8 Å². The third kappa shape index (κ3) is 2.05. The van der Waals surface area contributed by atoms with E-state index in [1.54, 1.807) is 12.1 Å². The number of hydrogen-bond acceptors (Lipinski definition) is 4. The average Bonchev–Trinajstić information content (AvgIpc) is 2.81. The highest BCUT2D eigenvalue weighted by Gasteiger charge is 2.22. The van der Waals surface area contributed by atoms with Crippen LogP contribution in [0.4, 0.5) is 5.69 Å². The molecule has 94 valence electrons. The van der Waals surface area contributed by atoms with Gasteiger partial charge in [-0.05, 0) is 13.0 Å². The molecule has 1 aliphatic rings. The van der Waals surface area contributed by atoms with Gasteiger partial charge in [0.2, 0.25) is 6.79 Å². The van der Waals surface area contributed by atoms with Crippen LogP contribution in [0.3, 0.4) is 0 Å². The molecule has 0 saturated carbocycles. The summed E-state index contributed by atoms with van der Waals surface area (Å²) in [7, 11) is 0. The zero-order valence-electron chi connectivity index (χ0n) is 10.1. The third-order valence-corrected chi connectivity index (χ3v) is 2.73. The lowest BCUT2D eigenvalue weighted by atomic mass is 10.1. The summed E-state index contributed by atoms with van der Waals surface area (Å²) in [5, 5.41) is 0. The maximum atomic E-state index is 12.2. The molecular weight excluding hydrogens is 232 g/mol. The van der Waals surface area contributed by atoms with Gasteiger partial charge in [0.1, 0.15) is 0 Å². The number of anilines is 1. The van der Waals surface area contributed by atoms with Gasteiger partial charge in [0, 0.05) is 18.3 Å². The molecule has 1 heterocycles. The number of rotatable bonds is 3. The molecule has 0 radical (unpaired) electrons. The molecule has 0 aromatic heterocycles. The van der Waals surface area contributed by atoms with Crippen LogP contribution in [0.5, 0.6) is 11.5 Å². The van der Waals surface area contributed by atoms with Crippen LogP contribution in [0.25, 0.3) is 0 Å². The second-order valence-corrected chi connectivity index (χ2v) is 3.82. The molecule has 1 amide bonds. The highest BCUT2D eigenvalue weighted by Crippen LogP contribution is 2.36. The zero-order valence-corrected chi connectivity index (χ0v) is 10.1. The van der Waals surface area contributed by atoms with Crippen molar-refractivity contribution in [2.45, 2.75) is 6.92 Å². The van der Waals surface area contributed by atoms with Crippen LogP contribution >= 0.6 is 0 Å². The molecule has 1 aromatic rings. The van der Waals surface area contributed by atoms with Crippen LogP contribution in [0, 0.1) is 12.3 Å². The molecule has 0 bridgehead atoms. The van der Waals surface area contributed by atoms with Crippen LogP contribution in [-0.2, 0) is 0 Å². The van der Waals surface area contributed by atoms with E-state index in [2.05, 4.69) is 5.92 Å². The van der Waals surface area contributed by atoms with Crippen molar-refractivity contribution in [2.75, 3.05) is 25.6 Å². The Morgan fingerprint density at radius 3 is 2.78 bits per heavy atom. The van der Waals surface area contributed by atoms with Crippen molar-refractivity contribution in [3.8, 4) is 23.8 Å². The molecule has 1 aromatic carbocycles. The molecule has 18 heavy (non-hydrogen) atoms. The van der Waals surface area contributed by atoms with Crippen LogP contribution in [0.15, 0.2) is 12.1 Å². The number of carbonyl (C=O) groups is 1. The fourth-order valence-electron chi connectivity index (χ4n) is 1.75. The van der Waals surface area contributed by atoms with Crippen LogP contribution in [0.1, 0.15) is 17.3 Å². The van der Waals surface area contributed by atoms with E-state index in [9.17, 15) is 4.79 Å². The lowest BCUT2D eigenvalue weighted by Gasteiger charge is -2.19. The molecule has 0 fully saturated rings. The minimum absolute atomic E-state index is 0.147. The number of nitrogen functional groups attached to an aromatic ring is 1. The van der Waals surface area contributed by atoms with E-state index in [1.165, 1.54) is 4.90 Å². The molecule has 5 nitrogen and oxygen atoms in total. The van der Waals surface area contributed by atoms with Gasteiger partial charge in [-0.25, -0.2) is 0 Å². The molecule has 0 unspecified atom stereocenters. The minimum Gasteiger partial charge on any atom is -0.454 e. The first kappa shape index (κ1) is 12.1. The van der Waals surface area contributed by atoms with E-state index in [0.29, 0.717) is 29.3 Å². The Balaban J connectivity index is 2.33. The Morgan fingerprint density at radius 2 is 2.17 bits per heavy atom. The number of fused-ring (bicyclic) bond motifs is 1. The highest BCUT2D eigenvalue weighted by atomic mass is 16.7. The number of hydrogen-bond donors (Lipinski definition) is 1. The average molecular weight is 246 g/mol. The molecule has 2 N–H and O–H groups in total. The van der Waals surface area contributed by atoms with Gasteiger partial charge >= 0.3 is 0 Å². The van der Waals surface area contributed by atoms with Gasteiger partial charge in [-0.2, -0.15) is 0 Å². The summed E-state index contributed by atoms with van der Waals surface area (Å²) in [6, 6.07) is 3.19. The summed E-state index contributed by atoms with van der Waals surface area (Å²) >= 11 is 0. The lowest BCUT2D eigenvalue weighted by molar-refractivity contribution is 0.0785. The van der Waals surface area contributed by atoms with E-state index in [-0.39, 0.29) is 19.2 Å². The summed E-state index contributed by atoms with van der Waals surface area (Å²) < 4.78 is 10.4. The largest absolute Gasteiger partial charge is 0.454 e. The third-order valence-electron chi connectivity index (χ3n) is 2.73. The van der Waals surface area contributed by atoms with Crippen LogP contribution in [0.2, 0.25) is 0 Å². The fraction of sp³-hybridized carbons (Fsp3) is 0.308. The summed E-state index contributed by atoms with van der Waals surface area (Å²) in [6.45, 7) is 2.78. The number of nitrogens with zero attached hydrogens (tertiary/aromatic N) is 1. The van der Waals surface area contributed by atoms with Gasteiger partial charge < -0.3 is 20.1 Å². The predicted octanol–water partition coefficient (Wildman–Crippen LogP) is 1.09. The standard InChI is InChI=1S/C13H14N2O3/c1-3-5-15(4-2)13(16)9-6-11-12(7-10(9)14)18-8-17-11/h1,6-7H,4-5,8,14H2,2H3. The summed E-state index contributed by atoms with van der Waals surface area (Å²) in [6.07, 6.45) is 5.23. The molecule has 0 spiro atoms. The summed E-state index contributed by atoms with van der Waals surface area (Å²) in [5.74, 6) is 3.34. The van der Waals surface area contributed by atoms with Crippen molar-refractivity contribution >= 4 is 11.6 Å². The molecule has 5 heteroatoms. The lowest BCUT2D eigenvalue weighted by Crippen LogP contribution is -2.31. The number of terminal acetylenes is 1. The van der Waals surface area contributed by atoms with Gasteiger partial charge in [0.05, 0.1) is 12.1 Å². The number of amides is 1. The highest BCUT2D eigenvalue weighted by molar-refractivity contribution is 6.00. The Kier molecular flexibility index (Phi) is 3.28. The molecule has 0 aliphatic carbocycles. The van der Waals surface area contributed by atoms with E-state index < -0.39 is 0 Å². The second kappa shape index (κ2) is 4.88. The summed E-state index contributed by atoms with van der Waals surface area (Å²) in [4.78, 5) is 13.8. The Hall–Kier alpha value is -2.35. The fourth-order valence-corrected chi connectivity index (χ4v) is 1.75. The van der Waals surface area contributed by atoms with E-state index >= 15 is 0 Å². The van der Waals surface area contributed by atoms with Gasteiger partial charge in [-0.15, -0.1) is 6.42 Å². The number of benzene rings is 1.